The first-order valence-electron chi connectivity index (χ1n) is 3.59. The minimum atomic E-state index is -1.24. The lowest BCUT2D eigenvalue weighted by molar-refractivity contribution is 0.163. The van der Waals surface area contributed by atoms with E-state index in [-0.39, 0.29) is 12.6 Å². The maximum absolute atomic E-state index is 13.0. The standard InChI is InChI=1S/C7H12FNO2/c1-7(2,8)3-5-4-11-6(10)9-5/h5H,3-4H2,1-2H3,(H,9,10). The number of carbonyl (C=O) groups excluding carboxylic acids is 1. The van der Waals surface area contributed by atoms with Crippen LogP contribution in [0.3, 0.4) is 0 Å². The molecule has 4 heteroatoms. The largest absolute Gasteiger partial charge is 0.447 e. The predicted octanol–water partition coefficient (Wildman–Crippen LogP) is 1.23. The molecule has 1 aliphatic heterocycles. The summed E-state index contributed by atoms with van der Waals surface area (Å²) < 4.78 is 17.6. The zero-order chi connectivity index (χ0) is 8.48. The van der Waals surface area contributed by atoms with E-state index in [0.29, 0.717) is 6.42 Å². The number of hydrogen-bond donors (Lipinski definition) is 1. The number of ether oxygens (including phenoxy) is 1. The summed E-state index contributed by atoms with van der Waals surface area (Å²) in [5.41, 5.74) is -1.24. The Labute approximate surface area is 64.9 Å². The van der Waals surface area contributed by atoms with E-state index in [0.717, 1.165) is 0 Å². The van der Waals surface area contributed by atoms with Gasteiger partial charge in [0.1, 0.15) is 12.3 Å². The van der Waals surface area contributed by atoms with Gasteiger partial charge in [0.25, 0.3) is 0 Å². The van der Waals surface area contributed by atoms with E-state index in [1.807, 2.05) is 0 Å². The average Bonchev–Trinajstić information content (AvgIpc) is 2.10. The molecule has 1 amide bonds. The van der Waals surface area contributed by atoms with Gasteiger partial charge in [-0.25, -0.2) is 9.18 Å². The van der Waals surface area contributed by atoms with Gasteiger partial charge >= 0.3 is 6.09 Å². The monoisotopic (exact) mass is 161 g/mol. The van der Waals surface area contributed by atoms with E-state index in [1.165, 1.54) is 13.8 Å². The van der Waals surface area contributed by atoms with Crippen molar-refractivity contribution in [2.75, 3.05) is 6.61 Å². The minimum Gasteiger partial charge on any atom is -0.447 e. The molecular weight excluding hydrogens is 149 g/mol. The lowest BCUT2D eigenvalue weighted by atomic mass is 10.0. The molecule has 1 N–H and O–H groups in total. The molecule has 1 unspecified atom stereocenters. The molecule has 0 spiro atoms. The van der Waals surface area contributed by atoms with E-state index < -0.39 is 11.8 Å². The Hall–Kier alpha value is -0.800. The van der Waals surface area contributed by atoms with Crippen molar-refractivity contribution in [1.29, 1.82) is 0 Å². The molecule has 0 aromatic heterocycles. The van der Waals surface area contributed by atoms with Crippen LogP contribution in [0.4, 0.5) is 9.18 Å². The number of alkyl halides is 1. The summed E-state index contributed by atoms with van der Waals surface area (Å²) in [6.45, 7) is 3.25. The summed E-state index contributed by atoms with van der Waals surface area (Å²) in [5.74, 6) is 0. The molecule has 0 aromatic carbocycles. The number of carbonyl (C=O) groups is 1. The number of cyclic esters (lactones) is 1. The Bertz CT molecular complexity index is 164. The Morgan fingerprint density at radius 3 is 2.82 bits per heavy atom. The van der Waals surface area contributed by atoms with Gasteiger partial charge in [-0.15, -0.1) is 0 Å². The van der Waals surface area contributed by atoms with Gasteiger partial charge in [-0.05, 0) is 13.8 Å². The topological polar surface area (TPSA) is 38.3 Å². The third-order valence-corrected chi connectivity index (χ3v) is 1.47. The van der Waals surface area contributed by atoms with Crippen LogP contribution < -0.4 is 5.32 Å². The first-order valence-corrected chi connectivity index (χ1v) is 3.59. The minimum absolute atomic E-state index is 0.164. The van der Waals surface area contributed by atoms with Crippen LogP contribution in [0.5, 0.6) is 0 Å². The van der Waals surface area contributed by atoms with Crippen molar-refractivity contribution in [3.63, 3.8) is 0 Å². The number of rotatable bonds is 2. The van der Waals surface area contributed by atoms with E-state index >= 15 is 0 Å². The number of halogens is 1. The fourth-order valence-corrected chi connectivity index (χ4v) is 1.12. The Morgan fingerprint density at radius 2 is 2.45 bits per heavy atom. The van der Waals surface area contributed by atoms with Crippen LogP contribution in [-0.4, -0.2) is 24.4 Å². The third kappa shape index (κ3) is 2.74. The second kappa shape index (κ2) is 2.68. The highest BCUT2D eigenvalue weighted by Crippen LogP contribution is 2.18. The fourth-order valence-electron chi connectivity index (χ4n) is 1.12. The van der Waals surface area contributed by atoms with Crippen molar-refractivity contribution in [2.45, 2.75) is 32.0 Å². The quantitative estimate of drug-likeness (QED) is 0.661. The summed E-state index contributed by atoms with van der Waals surface area (Å²) in [6.07, 6.45) is -0.141. The molecule has 0 aromatic rings. The van der Waals surface area contributed by atoms with Crippen LogP contribution in [0.1, 0.15) is 20.3 Å². The maximum atomic E-state index is 13.0. The molecule has 0 radical (unpaired) electrons. The van der Waals surface area contributed by atoms with Crippen molar-refractivity contribution in [3.05, 3.63) is 0 Å². The molecule has 0 aliphatic carbocycles. The number of amides is 1. The second-order valence-electron chi connectivity index (χ2n) is 3.36. The molecule has 1 heterocycles. The van der Waals surface area contributed by atoms with Crippen molar-refractivity contribution < 1.29 is 13.9 Å². The number of nitrogens with one attached hydrogen (secondary N) is 1. The molecule has 1 saturated heterocycles. The summed E-state index contributed by atoms with van der Waals surface area (Å²) in [5, 5.41) is 2.51. The highest BCUT2D eigenvalue weighted by Gasteiger charge is 2.28. The van der Waals surface area contributed by atoms with E-state index in [4.69, 9.17) is 0 Å². The highest BCUT2D eigenvalue weighted by atomic mass is 19.1. The van der Waals surface area contributed by atoms with E-state index in [9.17, 15) is 9.18 Å². The van der Waals surface area contributed by atoms with Gasteiger partial charge in [0.2, 0.25) is 0 Å². The molecule has 0 saturated carbocycles. The summed E-state index contributed by atoms with van der Waals surface area (Å²) in [7, 11) is 0. The van der Waals surface area contributed by atoms with Crippen LogP contribution in [0, 0.1) is 0 Å². The molecule has 1 rings (SSSR count). The van der Waals surface area contributed by atoms with Crippen LogP contribution >= 0.6 is 0 Å². The van der Waals surface area contributed by atoms with Crippen molar-refractivity contribution in [2.24, 2.45) is 0 Å². The van der Waals surface area contributed by atoms with Gasteiger partial charge in [-0.3, -0.25) is 0 Å². The first kappa shape index (κ1) is 8.30. The molecule has 3 nitrogen and oxygen atoms in total. The Balaban J connectivity index is 2.34. The van der Waals surface area contributed by atoms with Crippen molar-refractivity contribution in [1.82, 2.24) is 5.32 Å². The van der Waals surface area contributed by atoms with E-state index in [1.54, 1.807) is 0 Å². The molecule has 0 bridgehead atoms. The van der Waals surface area contributed by atoms with Crippen LogP contribution in [0.25, 0.3) is 0 Å². The van der Waals surface area contributed by atoms with Gasteiger partial charge in [0.15, 0.2) is 0 Å². The molecule has 1 fully saturated rings. The van der Waals surface area contributed by atoms with Crippen molar-refractivity contribution >= 4 is 6.09 Å². The van der Waals surface area contributed by atoms with Crippen molar-refractivity contribution in [3.8, 4) is 0 Å². The van der Waals surface area contributed by atoms with Gasteiger partial charge in [-0.1, -0.05) is 0 Å². The van der Waals surface area contributed by atoms with Gasteiger partial charge in [0, 0.05) is 6.42 Å². The van der Waals surface area contributed by atoms with Crippen LogP contribution in [-0.2, 0) is 4.74 Å². The summed E-state index contributed by atoms with van der Waals surface area (Å²) in [6, 6.07) is -0.164. The van der Waals surface area contributed by atoms with Gasteiger partial charge < -0.3 is 10.1 Å². The second-order valence-corrected chi connectivity index (χ2v) is 3.36. The molecule has 64 valence electrons. The maximum Gasteiger partial charge on any atom is 0.407 e. The number of hydrogen-bond acceptors (Lipinski definition) is 2. The van der Waals surface area contributed by atoms with Crippen LogP contribution in [0.15, 0.2) is 0 Å². The zero-order valence-corrected chi connectivity index (χ0v) is 6.69. The zero-order valence-electron chi connectivity index (χ0n) is 6.69. The molecule has 1 atom stereocenters. The highest BCUT2D eigenvalue weighted by molar-refractivity contribution is 5.69. The average molecular weight is 161 g/mol. The molecule has 11 heavy (non-hydrogen) atoms. The third-order valence-electron chi connectivity index (χ3n) is 1.47. The number of alkyl carbamates (subject to hydrolysis) is 1. The lowest BCUT2D eigenvalue weighted by Crippen LogP contribution is -2.32. The SMILES string of the molecule is CC(C)(F)CC1COC(=O)N1. The van der Waals surface area contributed by atoms with E-state index in [2.05, 4.69) is 10.1 Å². The Kier molecular flexibility index (Phi) is 2.02. The fraction of sp³-hybridized carbons (Fsp3) is 0.857. The predicted molar refractivity (Wildman–Crippen MR) is 38.1 cm³/mol. The first-order chi connectivity index (χ1) is 4.97. The normalized spacial score (nSPS) is 24.6. The Morgan fingerprint density at radius 1 is 1.82 bits per heavy atom. The van der Waals surface area contributed by atoms with Gasteiger partial charge in [-0.2, -0.15) is 0 Å². The lowest BCUT2D eigenvalue weighted by Gasteiger charge is -2.16. The van der Waals surface area contributed by atoms with Crippen LogP contribution in [0.2, 0.25) is 0 Å². The van der Waals surface area contributed by atoms with Gasteiger partial charge in [0.05, 0.1) is 6.04 Å². The molecular formula is C7H12FNO2. The molecule has 1 aliphatic rings. The summed E-state index contributed by atoms with van der Waals surface area (Å²) in [4.78, 5) is 10.5. The summed E-state index contributed by atoms with van der Waals surface area (Å²) >= 11 is 0. The smallest absolute Gasteiger partial charge is 0.407 e.